The van der Waals surface area contributed by atoms with Gasteiger partial charge in [0.25, 0.3) is 0 Å². The SMILES string of the molecule is CCCCCC(C)(C)Cc1ccccc1. The lowest BCUT2D eigenvalue weighted by molar-refractivity contribution is 0.318. The molecule has 0 saturated heterocycles. The van der Waals surface area contributed by atoms with Crippen LogP contribution in [0.5, 0.6) is 0 Å². The zero-order valence-electron chi connectivity index (χ0n) is 10.4. The van der Waals surface area contributed by atoms with Gasteiger partial charge in [0.1, 0.15) is 0 Å². The fraction of sp³-hybridized carbons (Fsp3) is 0.600. The smallest absolute Gasteiger partial charge is 0.0227 e. The molecule has 0 atom stereocenters. The van der Waals surface area contributed by atoms with Crippen molar-refractivity contribution < 1.29 is 0 Å². The second kappa shape index (κ2) is 5.95. The summed E-state index contributed by atoms with van der Waals surface area (Å²) in [5.41, 5.74) is 1.93. The Bertz CT molecular complexity index is 259. The summed E-state index contributed by atoms with van der Waals surface area (Å²) in [6.45, 7) is 7.04. The third-order valence-electron chi connectivity index (χ3n) is 2.98. The number of rotatable bonds is 6. The van der Waals surface area contributed by atoms with Crippen LogP contribution in [0.2, 0.25) is 0 Å². The van der Waals surface area contributed by atoms with Crippen molar-refractivity contribution in [3.63, 3.8) is 0 Å². The highest BCUT2D eigenvalue weighted by molar-refractivity contribution is 5.16. The molecular formula is C15H24. The second-order valence-corrected chi connectivity index (χ2v) is 5.28. The van der Waals surface area contributed by atoms with Crippen LogP contribution >= 0.6 is 0 Å². The highest BCUT2D eigenvalue weighted by atomic mass is 14.2. The molecule has 0 spiro atoms. The van der Waals surface area contributed by atoms with E-state index in [1.54, 1.807) is 0 Å². The lowest BCUT2D eigenvalue weighted by Crippen LogP contribution is -2.14. The van der Waals surface area contributed by atoms with Gasteiger partial charge in [-0.3, -0.25) is 0 Å². The molecule has 1 aromatic carbocycles. The summed E-state index contributed by atoms with van der Waals surface area (Å²) in [7, 11) is 0. The molecule has 1 rings (SSSR count). The van der Waals surface area contributed by atoms with Crippen LogP contribution in [0.25, 0.3) is 0 Å². The molecule has 0 heteroatoms. The number of hydrogen-bond acceptors (Lipinski definition) is 0. The summed E-state index contributed by atoms with van der Waals surface area (Å²) in [6, 6.07) is 10.8. The molecule has 0 nitrogen and oxygen atoms in total. The van der Waals surface area contributed by atoms with Crippen molar-refractivity contribution in [1.82, 2.24) is 0 Å². The fourth-order valence-corrected chi connectivity index (χ4v) is 2.09. The van der Waals surface area contributed by atoms with Gasteiger partial charge in [-0.15, -0.1) is 0 Å². The van der Waals surface area contributed by atoms with Crippen LogP contribution in [0.3, 0.4) is 0 Å². The van der Waals surface area contributed by atoms with Crippen LogP contribution in [0, 0.1) is 5.41 Å². The Kier molecular flexibility index (Phi) is 4.87. The van der Waals surface area contributed by atoms with Gasteiger partial charge in [0.15, 0.2) is 0 Å². The predicted octanol–water partition coefficient (Wildman–Crippen LogP) is 4.84. The third kappa shape index (κ3) is 5.01. The van der Waals surface area contributed by atoms with E-state index in [0.717, 1.165) is 0 Å². The monoisotopic (exact) mass is 204 g/mol. The summed E-state index contributed by atoms with van der Waals surface area (Å²) in [5, 5.41) is 0. The number of hydrogen-bond donors (Lipinski definition) is 0. The van der Waals surface area contributed by atoms with Gasteiger partial charge >= 0.3 is 0 Å². The zero-order chi connectivity index (χ0) is 11.1. The lowest BCUT2D eigenvalue weighted by Gasteiger charge is -2.24. The van der Waals surface area contributed by atoms with Gasteiger partial charge in [-0.2, -0.15) is 0 Å². The van der Waals surface area contributed by atoms with E-state index in [9.17, 15) is 0 Å². The summed E-state index contributed by atoms with van der Waals surface area (Å²) in [5.74, 6) is 0. The van der Waals surface area contributed by atoms with Crippen molar-refractivity contribution in [1.29, 1.82) is 0 Å². The van der Waals surface area contributed by atoms with E-state index in [1.165, 1.54) is 37.7 Å². The minimum atomic E-state index is 0.455. The number of benzene rings is 1. The molecule has 0 heterocycles. The maximum absolute atomic E-state index is 2.38. The van der Waals surface area contributed by atoms with Gasteiger partial charge in [-0.1, -0.05) is 70.4 Å². The summed E-state index contributed by atoms with van der Waals surface area (Å²) >= 11 is 0. The van der Waals surface area contributed by atoms with Crippen LogP contribution in [0.4, 0.5) is 0 Å². The molecule has 0 N–H and O–H groups in total. The first kappa shape index (κ1) is 12.3. The maximum Gasteiger partial charge on any atom is -0.0227 e. The first-order valence-corrected chi connectivity index (χ1v) is 6.18. The predicted molar refractivity (Wildman–Crippen MR) is 68.1 cm³/mol. The number of unbranched alkanes of at least 4 members (excludes halogenated alkanes) is 2. The summed E-state index contributed by atoms with van der Waals surface area (Å²) in [4.78, 5) is 0. The van der Waals surface area contributed by atoms with Gasteiger partial charge in [-0.05, 0) is 23.8 Å². The molecule has 15 heavy (non-hydrogen) atoms. The molecule has 0 aromatic heterocycles. The zero-order valence-corrected chi connectivity index (χ0v) is 10.4. The van der Waals surface area contributed by atoms with Crippen molar-refractivity contribution in [3.05, 3.63) is 35.9 Å². The first-order valence-electron chi connectivity index (χ1n) is 6.18. The van der Waals surface area contributed by atoms with Crippen LogP contribution in [-0.2, 0) is 6.42 Å². The Morgan fingerprint density at radius 3 is 2.27 bits per heavy atom. The highest BCUT2D eigenvalue weighted by Gasteiger charge is 2.17. The largest absolute Gasteiger partial charge is 0.0654 e. The van der Waals surface area contributed by atoms with Gasteiger partial charge in [0.2, 0.25) is 0 Å². The van der Waals surface area contributed by atoms with Gasteiger partial charge in [0, 0.05) is 0 Å². The lowest BCUT2D eigenvalue weighted by atomic mass is 9.81. The fourth-order valence-electron chi connectivity index (χ4n) is 2.09. The van der Waals surface area contributed by atoms with E-state index in [-0.39, 0.29) is 0 Å². The maximum atomic E-state index is 2.38. The van der Waals surface area contributed by atoms with Crippen LogP contribution < -0.4 is 0 Å². The quantitative estimate of drug-likeness (QED) is 0.582. The van der Waals surface area contributed by atoms with Crippen LogP contribution in [0.1, 0.15) is 52.0 Å². The molecule has 0 aliphatic heterocycles. The van der Waals surface area contributed by atoms with Gasteiger partial charge in [0.05, 0.1) is 0 Å². The van der Waals surface area contributed by atoms with Crippen molar-refractivity contribution in [2.75, 3.05) is 0 Å². The molecule has 0 fully saturated rings. The molecule has 84 valence electrons. The summed E-state index contributed by atoms with van der Waals surface area (Å²) in [6.07, 6.45) is 6.61. The Balaban J connectivity index is 2.42. The highest BCUT2D eigenvalue weighted by Crippen LogP contribution is 2.28. The average molecular weight is 204 g/mol. The van der Waals surface area contributed by atoms with E-state index in [1.807, 2.05) is 0 Å². The standard InChI is InChI=1S/C15H24/c1-4-5-9-12-15(2,3)13-14-10-7-6-8-11-14/h6-8,10-11H,4-5,9,12-13H2,1-3H3. The van der Waals surface area contributed by atoms with Crippen molar-refractivity contribution in [2.45, 2.75) is 52.9 Å². The van der Waals surface area contributed by atoms with Crippen molar-refractivity contribution in [3.8, 4) is 0 Å². The van der Waals surface area contributed by atoms with Gasteiger partial charge < -0.3 is 0 Å². The summed E-state index contributed by atoms with van der Waals surface area (Å²) < 4.78 is 0. The molecule has 0 saturated carbocycles. The Morgan fingerprint density at radius 2 is 1.67 bits per heavy atom. The minimum absolute atomic E-state index is 0.455. The third-order valence-corrected chi connectivity index (χ3v) is 2.98. The van der Waals surface area contributed by atoms with Crippen molar-refractivity contribution in [2.24, 2.45) is 5.41 Å². The van der Waals surface area contributed by atoms with Crippen LogP contribution in [-0.4, -0.2) is 0 Å². The van der Waals surface area contributed by atoms with Gasteiger partial charge in [-0.25, -0.2) is 0 Å². The molecule has 0 unspecified atom stereocenters. The van der Waals surface area contributed by atoms with E-state index in [2.05, 4.69) is 51.1 Å². The molecule has 1 aromatic rings. The Morgan fingerprint density at radius 1 is 1.00 bits per heavy atom. The average Bonchev–Trinajstić information content (AvgIpc) is 2.18. The molecular weight excluding hydrogens is 180 g/mol. The van der Waals surface area contributed by atoms with Crippen molar-refractivity contribution >= 4 is 0 Å². The normalized spacial score (nSPS) is 11.7. The Labute approximate surface area is 94.7 Å². The molecule has 0 aliphatic carbocycles. The Hall–Kier alpha value is -0.780. The topological polar surface area (TPSA) is 0 Å². The second-order valence-electron chi connectivity index (χ2n) is 5.28. The molecule has 0 amide bonds. The van der Waals surface area contributed by atoms with E-state index >= 15 is 0 Å². The van der Waals surface area contributed by atoms with E-state index in [4.69, 9.17) is 0 Å². The van der Waals surface area contributed by atoms with E-state index < -0.39 is 0 Å². The van der Waals surface area contributed by atoms with Crippen LogP contribution in [0.15, 0.2) is 30.3 Å². The minimum Gasteiger partial charge on any atom is -0.0654 e. The molecule has 0 radical (unpaired) electrons. The van der Waals surface area contributed by atoms with E-state index in [0.29, 0.717) is 5.41 Å². The molecule has 0 bridgehead atoms. The molecule has 0 aliphatic rings. The first-order chi connectivity index (χ1) is 7.14.